The lowest BCUT2D eigenvalue weighted by atomic mass is 9.95. The predicted molar refractivity (Wildman–Crippen MR) is 101 cm³/mol. The molecule has 1 aliphatic carbocycles. The summed E-state index contributed by atoms with van der Waals surface area (Å²) in [6, 6.07) is 9.99. The number of carbonyl (C=O) groups excluding carboxylic acids is 1. The summed E-state index contributed by atoms with van der Waals surface area (Å²) in [6.45, 7) is 3.46. The number of carbonyl (C=O) groups is 1. The first-order chi connectivity index (χ1) is 12.1. The summed E-state index contributed by atoms with van der Waals surface area (Å²) < 4.78 is 0. The van der Waals surface area contributed by atoms with Crippen LogP contribution in [0.4, 0.5) is 23.1 Å². The van der Waals surface area contributed by atoms with Crippen molar-refractivity contribution in [3.8, 4) is 0 Å². The molecule has 1 amide bonds. The van der Waals surface area contributed by atoms with Gasteiger partial charge in [0.1, 0.15) is 5.82 Å². The lowest BCUT2D eigenvalue weighted by Crippen LogP contribution is -2.23. The molecular weight excluding hydrogens is 314 g/mol. The van der Waals surface area contributed by atoms with Gasteiger partial charge in [-0.3, -0.25) is 4.79 Å². The number of benzene rings is 1. The van der Waals surface area contributed by atoms with Crippen LogP contribution in [0.3, 0.4) is 0 Å². The van der Waals surface area contributed by atoms with Crippen molar-refractivity contribution in [1.82, 2.24) is 9.97 Å². The molecule has 3 N–H and O–H groups in total. The summed E-state index contributed by atoms with van der Waals surface area (Å²) in [5, 5.41) is 9.54. The van der Waals surface area contributed by atoms with E-state index < -0.39 is 0 Å². The maximum Gasteiger partial charge on any atom is 0.229 e. The third-order valence-electron chi connectivity index (χ3n) is 4.25. The minimum absolute atomic E-state index is 0.0945. The molecule has 1 aliphatic rings. The zero-order valence-electron chi connectivity index (χ0n) is 14.8. The summed E-state index contributed by atoms with van der Waals surface area (Å²) in [4.78, 5) is 20.3. The van der Waals surface area contributed by atoms with Crippen molar-refractivity contribution in [2.45, 2.75) is 52.0 Å². The Bertz CT molecular complexity index is 740. The molecule has 1 fully saturated rings. The van der Waals surface area contributed by atoms with Crippen molar-refractivity contribution >= 4 is 29.0 Å². The van der Waals surface area contributed by atoms with Crippen molar-refractivity contribution in [1.29, 1.82) is 0 Å². The maximum absolute atomic E-state index is 11.2. The van der Waals surface area contributed by atoms with E-state index in [9.17, 15) is 4.79 Å². The van der Waals surface area contributed by atoms with Crippen LogP contribution in [-0.4, -0.2) is 21.9 Å². The predicted octanol–water partition coefficient (Wildman–Crippen LogP) is 4.23. The summed E-state index contributed by atoms with van der Waals surface area (Å²) in [7, 11) is 0. The average Bonchev–Trinajstić information content (AvgIpc) is 2.55. The van der Waals surface area contributed by atoms with E-state index in [0.717, 1.165) is 22.9 Å². The van der Waals surface area contributed by atoms with Gasteiger partial charge in [-0.2, -0.15) is 4.98 Å². The molecule has 25 heavy (non-hydrogen) atoms. The zero-order valence-corrected chi connectivity index (χ0v) is 14.8. The molecule has 1 aromatic heterocycles. The van der Waals surface area contributed by atoms with E-state index in [4.69, 9.17) is 0 Å². The number of nitrogens with zero attached hydrogens (tertiary/aromatic N) is 2. The molecule has 1 aromatic carbocycles. The molecule has 0 unspecified atom stereocenters. The summed E-state index contributed by atoms with van der Waals surface area (Å²) in [5.74, 6) is 1.32. The second-order valence-electron chi connectivity index (χ2n) is 6.58. The van der Waals surface area contributed by atoms with E-state index in [1.807, 2.05) is 37.3 Å². The molecule has 0 saturated heterocycles. The number of anilines is 4. The number of aromatic nitrogens is 2. The van der Waals surface area contributed by atoms with Gasteiger partial charge in [0.2, 0.25) is 11.9 Å². The highest BCUT2D eigenvalue weighted by Gasteiger charge is 2.14. The van der Waals surface area contributed by atoms with E-state index in [-0.39, 0.29) is 5.91 Å². The number of rotatable bonds is 5. The Kier molecular flexibility index (Phi) is 5.48. The fourth-order valence-corrected chi connectivity index (χ4v) is 3.16. The first kappa shape index (κ1) is 17.2. The van der Waals surface area contributed by atoms with Gasteiger partial charge in [0.25, 0.3) is 0 Å². The molecule has 6 heteroatoms. The van der Waals surface area contributed by atoms with Crippen LogP contribution in [0.2, 0.25) is 0 Å². The number of amides is 1. The Morgan fingerprint density at radius 1 is 1.08 bits per heavy atom. The number of hydrogen-bond donors (Lipinski definition) is 3. The molecule has 0 bridgehead atoms. The topological polar surface area (TPSA) is 78.9 Å². The SMILES string of the molecule is CC(=O)Nc1cccc(Nc2nc(C)cc(NC3CCCCC3)n2)c1. The molecule has 0 radical (unpaired) electrons. The van der Waals surface area contributed by atoms with Crippen LogP contribution >= 0.6 is 0 Å². The van der Waals surface area contributed by atoms with E-state index in [2.05, 4.69) is 25.9 Å². The Balaban J connectivity index is 1.72. The van der Waals surface area contributed by atoms with Crippen LogP contribution in [-0.2, 0) is 4.79 Å². The zero-order chi connectivity index (χ0) is 17.6. The second-order valence-corrected chi connectivity index (χ2v) is 6.58. The molecular formula is C19H25N5O. The normalized spacial score (nSPS) is 14.8. The Morgan fingerprint density at radius 2 is 1.84 bits per heavy atom. The first-order valence-electron chi connectivity index (χ1n) is 8.85. The van der Waals surface area contributed by atoms with Gasteiger partial charge in [0.15, 0.2) is 0 Å². The van der Waals surface area contributed by atoms with Crippen LogP contribution in [0.5, 0.6) is 0 Å². The van der Waals surface area contributed by atoms with Crippen molar-refractivity contribution in [3.05, 3.63) is 36.0 Å². The lowest BCUT2D eigenvalue weighted by Gasteiger charge is -2.23. The van der Waals surface area contributed by atoms with E-state index >= 15 is 0 Å². The van der Waals surface area contributed by atoms with Crippen LogP contribution in [0.15, 0.2) is 30.3 Å². The summed E-state index contributed by atoms with van der Waals surface area (Å²) in [6.07, 6.45) is 6.29. The van der Waals surface area contributed by atoms with Gasteiger partial charge in [0, 0.05) is 36.1 Å². The quantitative estimate of drug-likeness (QED) is 0.759. The maximum atomic E-state index is 11.2. The fraction of sp³-hybridized carbons (Fsp3) is 0.421. The first-order valence-corrected chi connectivity index (χ1v) is 8.85. The smallest absolute Gasteiger partial charge is 0.229 e. The monoisotopic (exact) mass is 339 g/mol. The molecule has 1 saturated carbocycles. The van der Waals surface area contributed by atoms with Gasteiger partial charge in [0.05, 0.1) is 0 Å². The third kappa shape index (κ3) is 5.17. The van der Waals surface area contributed by atoms with Crippen molar-refractivity contribution in [2.75, 3.05) is 16.0 Å². The van der Waals surface area contributed by atoms with E-state index in [1.165, 1.54) is 39.0 Å². The van der Waals surface area contributed by atoms with Crippen LogP contribution in [0.1, 0.15) is 44.7 Å². The van der Waals surface area contributed by atoms with Gasteiger partial charge in [-0.25, -0.2) is 4.98 Å². The highest BCUT2D eigenvalue weighted by atomic mass is 16.1. The molecule has 3 rings (SSSR count). The standard InChI is InChI=1S/C19H25N5O/c1-13-11-18(22-15-7-4-3-5-8-15)24-19(20-13)23-17-10-6-9-16(12-17)21-14(2)25/h6,9-12,15H,3-5,7-8H2,1-2H3,(H,21,25)(H2,20,22,23,24). The van der Waals surface area contributed by atoms with Gasteiger partial charge < -0.3 is 16.0 Å². The van der Waals surface area contributed by atoms with Gasteiger partial charge in [-0.1, -0.05) is 25.3 Å². The molecule has 2 aromatic rings. The Hall–Kier alpha value is -2.63. The van der Waals surface area contributed by atoms with Crippen LogP contribution in [0.25, 0.3) is 0 Å². The molecule has 1 heterocycles. The van der Waals surface area contributed by atoms with Gasteiger partial charge >= 0.3 is 0 Å². The average molecular weight is 339 g/mol. The largest absolute Gasteiger partial charge is 0.367 e. The third-order valence-corrected chi connectivity index (χ3v) is 4.25. The Labute approximate surface area is 148 Å². The molecule has 0 spiro atoms. The van der Waals surface area contributed by atoms with Gasteiger partial charge in [-0.05, 0) is 38.0 Å². The summed E-state index contributed by atoms with van der Waals surface area (Å²) in [5.41, 5.74) is 2.49. The minimum atomic E-state index is -0.0945. The second kappa shape index (κ2) is 7.96. The molecule has 0 atom stereocenters. The molecule has 0 aliphatic heterocycles. The number of hydrogen-bond acceptors (Lipinski definition) is 5. The van der Waals surface area contributed by atoms with Crippen LogP contribution in [0, 0.1) is 6.92 Å². The number of aryl methyl sites for hydroxylation is 1. The minimum Gasteiger partial charge on any atom is -0.367 e. The highest BCUT2D eigenvalue weighted by Crippen LogP contribution is 2.23. The van der Waals surface area contributed by atoms with E-state index in [0.29, 0.717) is 12.0 Å². The van der Waals surface area contributed by atoms with Crippen molar-refractivity contribution in [3.63, 3.8) is 0 Å². The number of nitrogens with one attached hydrogen (secondary N) is 3. The molecule has 132 valence electrons. The Morgan fingerprint density at radius 3 is 2.60 bits per heavy atom. The lowest BCUT2D eigenvalue weighted by molar-refractivity contribution is -0.114. The van der Waals surface area contributed by atoms with Crippen molar-refractivity contribution < 1.29 is 4.79 Å². The van der Waals surface area contributed by atoms with E-state index in [1.54, 1.807) is 0 Å². The van der Waals surface area contributed by atoms with Crippen LogP contribution < -0.4 is 16.0 Å². The van der Waals surface area contributed by atoms with Crippen molar-refractivity contribution in [2.24, 2.45) is 0 Å². The van der Waals surface area contributed by atoms with Gasteiger partial charge in [-0.15, -0.1) is 0 Å². The summed E-state index contributed by atoms with van der Waals surface area (Å²) >= 11 is 0. The highest BCUT2D eigenvalue weighted by molar-refractivity contribution is 5.89. The molecule has 6 nitrogen and oxygen atoms in total. The fourth-order valence-electron chi connectivity index (χ4n) is 3.16.